The van der Waals surface area contributed by atoms with E-state index in [2.05, 4.69) is 0 Å². The van der Waals surface area contributed by atoms with E-state index in [0.29, 0.717) is 33.9 Å². The summed E-state index contributed by atoms with van der Waals surface area (Å²) in [7, 11) is 0. The molecule has 13 heteroatoms. The van der Waals surface area contributed by atoms with Crippen molar-refractivity contribution in [1.29, 1.82) is 0 Å². The van der Waals surface area contributed by atoms with Gasteiger partial charge in [-0.1, -0.05) is 42.0 Å². The highest BCUT2D eigenvalue weighted by Gasteiger charge is 2.67. The number of phenols is 1. The van der Waals surface area contributed by atoms with Crippen LogP contribution < -0.4 is 9.80 Å². The van der Waals surface area contributed by atoms with E-state index in [4.69, 9.17) is 0 Å². The van der Waals surface area contributed by atoms with Crippen molar-refractivity contribution in [1.82, 2.24) is 0 Å². The number of fused-ring (bicyclic) bond motifs is 4. The van der Waals surface area contributed by atoms with Gasteiger partial charge in [-0.2, -0.15) is 26.3 Å². The minimum Gasteiger partial charge on any atom is -0.508 e. The van der Waals surface area contributed by atoms with Crippen LogP contribution in [0.5, 0.6) is 5.75 Å². The van der Waals surface area contributed by atoms with Crippen LogP contribution in [0.25, 0.3) is 0 Å². The van der Waals surface area contributed by atoms with Crippen LogP contribution in [0.4, 0.5) is 37.7 Å². The number of benzene rings is 3. The number of halogens is 6. The normalized spacial score (nSPS) is 28.7. The topological polar surface area (TPSA) is 95.0 Å². The van der Waals surface area contributed by atoms with E-state index in [1.165, 1.54) is 12.1 Å². The first kappa shape index (κ1) is 31.6. The van der Waals surface area contributed by atoms with Gasteiger partial charge in [0.05, 0.1) is 45.7 Å². The van der Waals surface area contributed by atoms with E-state index in [-0.39, 0.29) is 24.7 Å². The number of alkyl halides is 6. The van der Waals surface area contributed by atoms with Crippen molar-refractivity contribution in [2.24, 2.45) is 29.1 Å². The molecule has 1 N–H and O–H groups in total. The molecule has 2 aliphatic heterocycles. The highest BCUT2D eigenvalue weighted by molar-refractivity contribution is 6.25. The smallest absolute Gasteiger partial charge is 0.416 e. The number of hydrogen-bond acceptors (Lipinski definition) is 5. The number of allylic oxidation sites excluding steroid dienone is 2. The van der Waals surface area contributed by atoms with Crippen molar-refractivity contribution < 1.29 is 50.6 Å². The largest absolute Gasteiger partial charge is 0.508 e. The summed E-state index contributed by atoms with van der Waals surface area (Å²) in [6.45, 7) is 1.65. The van der Waals surface area contributed by atoms with Crippen molar-refractivity contribution in [3.05, 3.63) is 101 Å². The highest BCUT2D eigenvalue weighted by Crippen LogP contribution is 2.64. The second-order valence-corrected chi connectivity index (χ2v) is 12.9. The van der Waals surface area contributed by atoms with Gasteiger partial charge in [0.2, 0.25) is 23.6 Å². The molecule has 7 rings (SSSR count). The molecule has 0 aromatic heterocycles. The van der Waals surface area contributed by atoms with Crippen LogP contribution >= 0.6 is 0 Å². The quantitative estimate of drug-likeness (QED) is 0.187. The number of hydrogen-bond donors (Lipinski definition) is 1. The molecule has 0 unspecified atom stereocenters. The number of anilines is 2. The van der Waals surface area contributed by atoms with E-state index in [0.717, 1.165) is 4.90 Å². The first-order valence-corrected chi connectivity index (χ1v) is 15.1. The molecule has 2 heterocycles. The third-order valence-corrected chi connectivity index (χ3v) is 10.3. The Hall–Kier alpha value is -4.94. The van der Waals surface area contributed by atoms with Gasteiger partial charge in [0.15, 0.2) is 0 Å². The molecule has 0 bridgehead atoms. The number of phenolic OH excluding ortho intramolecular Hbond substituents is 1. The highest BCUT2D eigenvalue weighted by atomic mass is 19.4. The van der Waals surface area contributed by atoms with Gasteiger partial charge in [0.25, 0.3) is 0 Å². The van der Waals surface area contributed by atoms with Crippen LogP contribution in [-0.2, 0) is 31.5 Å². The molecule has 2 saturated heterocycles. The average molecular weight is 669 g/mol. The zero-order chi connectivity index (χ0) is 34.5. The minimum absolute atomic E-state index is 0.0734. The zero-order valence-corrected chi connectivity index (χ0v) is 25.0. The number of carbonyl (C=O) groups excluding carboxylic acids is 4. The molecular weight excluding hydrogens is 642 g/mol. The Morgan fingerprint density at radius 3 is 1.98 bits per heavy atom. The van der Waals surface area contributed by atoms with Gasteiger partial charge in [0.1, 0.15) is 5.75 Å². The lowest BCUT2D eigenvalue weighted by atomic mass is 9.51. The van der Waals surface area contributed by atoms with Crippen LogP contribution in [0.1, 0.15) is 42.4 Å². The van der Waals surface area contributed by atoms with E-state index >= 15 is 0 Å². The molecule has 248 valence electrons. The van der Waals surface area contributed by atoms with Gasteiger partial charge in [-0.05, 0) is 73.7 Å². The summed E-state index contributed by atoms with van der Waals surface area (Å²) in [5.74, 6) is -8.18. The second kappa shape index (κ2) is 10.5. The molecule has 48 heavy (non-hydrogen) atoms. The first-order valence-electron chi connectivity index (χ1n) is 15.1. The Morgan fingerprint density at radius 1 is 0.729 bits per heavy atom. The molecule has 0 spiro atoms. The molecule has 4 amide bonds. The fourth-order valence-corrected chi connectivity index (χ4v) is 8.25. The van der Waals surface area contributed by atoms with E-state index in [9.17, 15) is 50.6 Å². The van der Waals surface area contributed by atoms with Gasteiger partial charge < -0.3 is 5.11 Å². The van der Waals surface area contributed by atoms with E-state index in [1.54, 1.807) is 55.5 Å². The fraction of sp³-hybridized carbons (Fsp3) is 0.314. The van der Waals surface area contributed by atoms with Crippen LogP contribution in [0.2, 0.25) is 0 Å². The molecule has 1 saturated carbocycles. The fourth-order valence-electron chi connectivity index (χ4n) is 8.25. The van der Waals surface area contributed by atoms with Gasteiger partial charge in [-0.25, -0.2) is 9.80 Å². The Kier molecular flexibility index (Phi) is 6.94. The average Bonchev–Trinajstić information content (AvgIpc) is 3.39. The van der Waals surface area contributed by atoms with Crippen molar-refractivity contribution in [3.8, 4) is 5.75 Å². The lowest BCUT2D eigenvalue weighted by Gasteiger charge is -2.49. The predicted molar refractivity (Wildman–Crippen MR) is 158 cm³/mol. The number of amides is 4. The van der Waals surface area contributed by atoms with Crippen molar-refractivity contribution in [3.63, 3.8) is 0 Å². The predicted octanol–water partition coefficient (Wildman–Crippen LogP) is 6.87. The summed E-state index contributed by atoms with van der Waals surface area (Å²) in [6, 6.07) is 15.0. The molecule has 3 aromatic carbocycles. The molecule has 3 fully saturated rings. The third-order valence-electron chi connectivity index (χ3n) is 10.3. The number of imide groups is 2. The summed E-state index contributed by atoms with van der Waals surface area (Å²) in [5, 5.41) is 10.4. The Morgan fingerprint density at radius 2 is 1.38 bits per heavy atom. The molecule has 6 atom stereocenters. The maximum absolute atomic E-state index is 14.3. The van der Waals surface area contributed by atoms with Gasteiger partial charge in [-0.3, -0.25) is 19.2 Å². The third kappa shape index (κ3) is 4.57. The molecule has 4 aliphatic rings. The number of aromatic hydroxyl groups is 1. The summed E-state index contributed by atoms with van der Waals surface area (Å²) in [5.41, 5.74) is -4.25. The van der Waals surface area contributed by atoms with Crippen molar-refractivity contribution in [2.45, 2.75) is 38.0 Å². The van der Waals surface area contributed by atoms with E-state index < -0.39 is 87.8 Å². The molecule has 0 radical (unpaired) electrons. The number of rotatable bonds is 3. The van der Waals surface area contributed by atoms with E-state index in [1.807, 2.05) is 0 Å². The summed E-state index contributed by atoms with van der Waals surface area (Å²) in [6.07, 6.45) is -8.87. The van der Waals surface area contributed by atoms with Crippen molar-refractivity contribution in [2.75, 3.05) is 9.80 Å². The van der Waals surface area contributed by atoms with Crippen LogP contribution in [0, 0.1) is 29.1 Å². The lowest BCUT2D eigenvalue weighted by molar-refractivity contribution is -0.143. The van der Waals surface area contributed by atoms with Crippen LogP contribution in [-0.4, -0.2) is 28.7 Å². The van der Waals surface area contributed by atoms with Gasteiger partial charge in [-0.15, -0.1) is 0 Å². The summed E-state index contributed by atoms with van der Waals surface area (Å²) >= 11 is 0. The lowest BCUT2D eigenvalue weighted by Crippen LogP contribution is -2.48. The molecule has 7 nitrogen and oxygen atoms in total. The Bertz CT molecular complexity index is 1890. The van der Waals surface area contributed by atoms with Gasteiger partial charge >= 0.3 is 12.4 Å². The van der Waals surface area contributed by atoms with Crippen LogP contribution in [0.3, 0.4) is 0 Å². The maximum atomic E-state index is 14.3. The Balaban J connectivity index is 1.35. The van der Waals surface area contributed by atoms with Crippen LogP contribution in [0.15, 0.2) is 84.4 Å². The number of nitrogens with zero attached hydrogens (tertiary/aromatic N) is 2. The number of para-hydroxylation sites is 1. The molecule has 2 aliphatic carbocycles. The molecular formula is C35H26F6N2O5. The Labute approximate surface area is 269 Å². The second-order valence-electron chi connectivity index (χ2n) is 12.9. The van der Waals surface area contributed by atoms with Crippen molar-refractivity contribution >= 4 is 35.0 Å². The monoisotopic (exact) mass is 668 g/mol. The maximum Gasteiger partial charge on any atom is 0.416 e. The SMILES string of the molecule is C[C@@]12C(=O)N(c3ccccc3)C(=O)[C@@H]1C[C@@H]1C(=CC[C@@H]3C(=O)N(c4cc(C(F)(F)F)cc(C(F)(F)F)c4)C(=O)[C@@H]31)[C@@H]2c1cccc(O)c1. The summed E-state index contributed by atoms with van der Waals surface area (Å²) < 4.78 is 82.2. The minimum atomic E-state index is -5.20. The standard InChI is InChI=1S/C35H26F6N2O5/c1-33-26(30(46)43(32(33)48)20-7-3-2-4-8-20)16-25-23(28(33)17-6-5-9-22(44)12-17)10-11-24-27(25)31(47)42(29(24)45)21-14-18(34(36,37)38)13-19(15-21)35(39,40)41/h2-10,12-15,24-28,44H,11,16H2,1H3/t24-,25+,26-,27-,28-,33+/m0/s1. The zero-order valence-electron chi connectivity index (χ0n) is 25.0. The van der Waals surface area contributed by atoms with Gasteiger partial charge in [0, 0.05) is 5.92 Å². The first-order chi connectivity index (χ1) is 22.5. The number of carbonyl (C=O) groups is 4. The molecule has 3 aromatic rings. The summed E-state index contributed by atoms with van der Waals surface area (Å²) in [4.78, 5) is 57.8.